The van der Waals surface area contributed by atoms with E-state index in [4.69, 9.17) is 0 Å². The van der Waals surface area contributed by atoms with Crippen molar-refractivity contribution in [3.05, 3.63) is 35.9 Å². The summed E-state index contributed by atoms with van der Waals surface area (Å²) in [6, 6.07) is 11.7. The number of hydrogen-bond acceptors (Lipinski definition) is 2. The lowest BCUT2D eigenvalue weighted by Crippen LogP contribution is -2.42. The summed E-state index contributed by atoms with van der Waals surface area (Å²) in [5, 5.41) is 3.75. The van der Waals surface area contributed by atoms with Gasteiger partial charge in [-0.3, -0.25) is 4.90 Å². The van der Waals surface area contributed by atoms with Gasteiger partial charge in [0.1, 0.15) is 0 Å². The van der Waals surface area contributed by atoms with Crippen molar-refractivity contribution in [3.63, 3.8) is 0 Å². The monoisotopic (exact) mass is 288 g/mol. The van der Waals surface area contributed by atoms with E-state index in [9.17, 15) is 0 Å². The number of rotatable bonds is 10. The minimum Gasteiger partial charge on any atom is -0.313 e. The number of nitrogens with one attached hydrogen (secondary N) is 1. The van der Waals surface area contributed by atoms with E-state index in [2.05, 4.69) is 61.3 Å². The second-order valence-corrected chi connectivity index (χ2v) is 7.00. The molecule has 1 saturated carbocycles. The molecule has 2 heteroatoms. The zero-order chi connectivity index (χ0) is 15.1. The summed E-state index contributed by atoms with van der Waals surface area (Å²) in [6.07, 6.45) is 5.33. The third kappa shape index (κ3) is 5.80. The van der Waals surface area contributed by atoms with Crippen LogP contribution in [0.4, 0.5) is 0 Å². The van der Waals surface area contributed by atoms with E-state index in [1.54, 1.807) is 0 Å². The van der Waals surface area contributed by atoms with Crippen LogP contribution in [0.25, 0.3) is 0 Å². The van der Waals surface area contributed by atoms with Crippen LogP contribution in [0, 0.1) is 5.41 Å². The molecule has 0 aliphatic heterocycles. The van der Waals surface area contributed by atoms with Gasteiger partial charge in [-0.15, -0.1) is 0 Å². The fraction of sp³-hybridized carbons (Fsp3) is 0.684. The standard InChI is InChI=1S/C19H32N2/c1-4-13-19(3,15-20-18-11-12-18)16-21(5-2)14-17-9-7-6-8-10-17/h6-10,18,20H,4-5,11-16H2,1-3H3. The molecule has 0 heterocycles. The maximum Gasteiger partial charge on any atom is 0.0233 e. The van der Waals surface area contributed by atoms with Gasteiger partial charge in [0.25, 0.3) is 0 Å². The largest absolute Gasteiger partial charge is 0.313 e. The third-order valence-corrected chi connectivity index (χ3v) is 4.55. The lowest BCUT2D eigenvalue weighted by molar-refractivity contribution is 0.148. The first-order valence-electron chi connectivity index (χ1n) is 8.65. The average molecular weight is 288 g/mol. The van der Waals surface area contributed by atoms with Crippen LogP contribution in [-0.2, 0) is 6.54 Å². The summed E-state index contributed by atoms with van der Waals surface area (Å²) >= 11 is 0. The fourth-order valence-electron chi connectivity index (χ4n) is 3.17. The Bertz CT molecular complexity index is 399. The molecule has 0 radical (unpaired) electrons. The Hall–Kier alpha value is -0.860. The van der Waals surface area contributed by atoms with Crippen LogP contribution >= 0.6 is 0 Å². The number of hydrogen-bond donors (Lipinski definition) is 1. The Morgan fingerprint density at radius 1 is 1.19 bits per heavy atom. The van der Waals surface area contributed by atoms with Gasteiger partial charge in [0.2, 0.25) is 0 Å². The van der Waals surface area contributed by atoms with Crippen LogP contribution in [0.3, 0.4) is 0 Å². The Labute approximate surface area is 130 Å². The van der Waals surface area contributed by atoms with E-state index in [1.165, 1.54) is 37.8 Å². The average Bonchev–Trinajstić information content (AvgIpc) is 3.30. The minimum atomic E-state index is 0.391. The Balaban J connectivity index is 1.91. The Morgan fingerprint density at radius 3 is 2.48 bits per heavy atom. The van der Waals surface area contributed by atoms with Gasteiger partial charge in [-0.2, -0.15) is 0 Å². The zero-order valence-electron chi connectivity index (χ0n) is 14.1. The van der Waals surface area contributed by atoms with Gasteiger partial charge in [0.15, 0.2) is 0 Å². The molecule has 1 aromatic carbocycles. The highest BCUT2D eigenvalue weighted by atomic mass is 15.1. The van der Waals surface area contributed by atoms with E-state index >= 15 is 0 Å². The van der Waals surface area contributed by atoms with Crippen molar-refractivity contribution in [2.45, 2.75) is 59.0 Å². The van der Waals surface area contributed by atoms with Crippen molar-refractivity contribution in [2.75, 3.05) is 19.6 Å². The second-order valence-electron chi connectivity index (χ2n) is 7.00. The van der Waals surface area contributed by atoms with Crippen molar-refractivity contribution < 1.29 is 0 Å². The topological polar surface area (TPSA) is 15.3 Å². The molecular weight excluding hydrogens is 256 g/mol. The quantitative estimate of drug-likeness (QED) is 0.698. The molecule has 0 saturated heterocycles. The van der Waals surface area contributed by atoms with Gasteiger partial charge in [-0.1, -0.05) is 57.5 Å². The molecule has 0 spiro atoms. The molecule has 118 valence electrons. The maximum absolute atomic E-state index is 3.75. The summed E-state index contributed by atoms with van der Waals surface area (Å²) < 4.78 is 0. The number of nitrogens with zero attached hydrogens (tertiary/aromatic N) is 1. The Morgan fingerprint density at radius 2 is 1.90 bits per heavy atom. The molecule has 1 aliphatic rings. The zero-order valence-corrected chi connectivity index (χ0v) is 14.1. The van der Waals surface area contributed by atoms with E-state index in [0.717, 1.165) is 25.7 Å². The summed E-state index contributed by atoms with van der Waals surface area (Å²) in [7, 11) is 0. The van der Waals surface area contributed by atoms with E-state index in [0.29, 0.717) is 5.41 Å². The smallest absolute Gasteiger partial charge is 0.0233 e. The van der Waals surface area contributed by atoms with Crippen molar-refractivity contribution in [1.29, 1.82) is 0 Å². The van der Waals surface area contributed by atoms with Gasteiger partial charge < -0.3 is 5.32 Å². The second kappa shape index (κ2) is 7.95. The van der Waals surface area contributed by atoms with Crippen LogP contribution < -0.4 is 5.32 Å². The Kier molecular flexibility index (Phi) is 6.25. The molecule has 0 amide bonds. The van der Waals surface area contributed by atoms with Crippen LogP contribution in [0.2, 0.25) is 0 Å². The highest BCUT2D eigenvalue weighted by Gasteiger charge is 2.29. The fourth-order valence-corrected chi connectivity index (χ4v) is 3.17. The van der Waals surface area contributed by atoms with Gasteiger partial charge in [0, 0.05) is 25.7 Å². The molecular formula is C19H32N2. The van der Waals surface area contributed by atoms with Crippen LogP contribution in [-0.4, -0.2) is 30.6 Å². The lowest BCUT2D eigenvalue weighted by atomic mass is 9.84. The summed E-state index contributed by atoms with van der Waals surface area (Å²) in [6.45, 7) is 11.6. The van der Waals surface area contributed by atoms with Crippen LogP contribution in [0.5, 0.6) is 0 Å². The van der Waals surface area contributed by atoms with Gasteiger partial charge in [-0.25, -0.2) is 0 Å². The first-order valence-corrected chi connectivity index (χ1v) is 8.65. The summed E-state index contributed by atoms with van der Waals surface area (Å²) in [4.78, 5) is 2.60. The van der Waals surface area contributed by atoms with E-state index < -0.39 is 0 Å². The minimum absolute atomic E-state index is 0.391. The molecule has 1 N–H and O–H groups in total. The maximum atomic E-state index is 3.75. The molecule has 1 aromatic rings. The van der Waals surface area contributed by atoms with Crippen LogP contribution in [0.15, 0.2) is 30.3 Å². The van der Waals surface area contributed by atoms with Crippen molar-refractivity contribution in [3.8, 4) is 0 Å². The first kappa shape index (κ1) is 16.5. The predicted octanol–water partition coefficient (Wildman–Crippen LogP) is 4.07. The third-order valence-electron chi connectivity index (χ3n) is 4.55. The van der Waals surface area contributed by atoms with E-state index in [-0.39, 0.29) is 0 Å². The SMILES string of the molecule is CCCC(C)(CNC1CC1)CN(CC)Cc1ccccc1. The van der Waals surface area contributed by atoms with Gasteiger partial charge in [-0.05, 0) is 36.8 Å². The molecule has 1 fully saturated rings. The van der Waals surface area contributed by atoms with Gasteiger partial charge >= 0.3 is 0 Å². The molecule has 1 atom stereocenters. The summed E-state index contributed by atoms with van der Waals surface area (Å²) in [5.74, 6) is 0. The van der Waals surface area contributed by atoms with Crippen LogP contribution in [0.1, 0.15) is 52.0 Å². The molecule has 21 heavy (non-hydrogen) atoms. The molecule has 0 bridgehead atoms. The molecule has 2 nitrogen and oxygen atoms in total. The lowest BCUT2D eigenvalue weighted by Gasteiger charge is -2.35. The number of benzene rings is 1. The predicted molar refractivity (Wildman–Crippen MR) is 91.4 cm³/mol. The molecule has 2 rings (SSSR count). The molecule has 0 aromatic heterocycles. The normalized spacial score (nSPS) is 17.9. The highest BCUT2D eigenvalue weighted by Crippen LogP contribution is 2.27. The summed E-state index contributed by atoms with van der Waals surface area (Å²) in [5.41, 5.74) is 1.82. The molecule has 1 unspecified atom stereocenters. The van der Waals surface area contributed by atoms with Crippen molar-refractivity contribution in [1.82, 2.24) is 10.2 Å². The highest BCUT2D eigenvalue weighted by molar-refractivity contribution is 5.14. The van der Waals surface area contributed by atoms with Crippen molar-refractivity contribution in [2.24, 2.45) is 5.41 Å². The van der Waals surface area contributed by atoms with Crippen molar-refractivity contribution >= 4 is 0 Å². The first-order chi connectivity index (χ1) is 10.1. The van der Waals surface area contributed by atoms with E-state index in [1.807, 2.05) is 0 Å². The van der Waals surface area contributed by atoms with Gasteiger partial charge in [0.05, 0.1) is 0 Å². The molecule has 1 aliphatic carbocycles.